The van der Waals surface area contributed by atoms with Crippen molar-refractivity contribution in [1.29, 1.82) is 0 Å². The summed E-state index contributed by atoms with van der Waals surface area (Å²) in [6.07, 6.45) is 7.21. The number of nitrogens with two attached hydrogens (primary N) is 1. The van der Waals surface area contributed by atoms with Crippen molar-refractivity contribution < 1.29 is 9.21 Å². The molecule has 1 aromatic rings. The van der Waals surface area contributed by atoms with Crippen LogP contribution in [0.5, 0.6) is 0 Å². The zero-order valence-corrected chi connectivity index (χ0v) is 10.8. The number of carbonyl (C=O) groups is 1. The third-order valence-electron chi connectivity index (χ3n) is 3.60. The highest BCUT2D eigenvalue weighted by atomic mass is 16.3. The van der Waals surface area contributed by atoms with Crippen molar-refractivity contribution in [3.8, 4) is 0 Å². The number of carbonyl (C=O) groups excluding carboxylic acids is 1. The standard InChI is InChI=1S/C14H22N2O2/c15-9-1-4-12-5-2-10-16(12)14(17)8-7-13-6-3-11-18-13/h3,6,11-12H,1-2,4-5,7-10,15H2. The second-order valence-electron chi connectivity index (χ2n) is 4.89. The number of hydrogen-bond donors (Lipinski definition) is 1. The molecule has 1 atom stereocenters. The third kappa shape index (κ3) is 3.35. The van der Waals surface area contributed by atoms with E-state index < -0.39 is 0 Å². The van der Waals surface area contributed by atoms with Crippen molar-refractivity contribution >= 4 is 5.91 Å². The first-order valence-corrected chi connectivity index (χ1v) is 6.83. The van der Waals surface area contributed by atoms with Gasteiger partial charge in [0.05, 0.1) is 6.26 Å². The van der Waals surface area contributed by atoms with Crippen LogP contribution in [0.4, 0.5) is 0 Å². The summed E-state index contributed by atoms with van der Waals surface area (Å²) in [5, 5.41) is 0. The van der Waals surface area contributed by atoms with Crippen LogP contribution in [0.25, 0.3) is 0 Å². The van der Waals surface area contributed by atoms with Gasteiger partial charge in [0.15, 0.2) is 0 Å². The Kier molecular flexibility index (Phi) is 4.81. The van der Waals surface area contributed by atoms with E-state index in [-0.39, 0.29) is 5.91 Å². The van der Waals surface area contributed by atoms with Gasteiger partial charge in [-0.1, -0.05) is 0 Å². The molecular formula is C14H22N2O2. The van der Waals surface area contributed by atoms with Crippen LogP contribution in [0.15, 0.2) is 22.8 Å². The van der Waals surface area contributed by atoms with Gasteiger partial charge in [-0.3, -0.25) is 4.79 Å². The summed E-state index contributed by atoms with van der Waals surface area (Å²) >= 11 is 0. The molecule has 100 valence electrons. The molecule has 0 spiro atoms. The fourth-order valence-corrected chi connectivity index (χ4v) is 2.65. The van der Waals surface area contributed by atoms with E-state index in [1.165, 1.54) is 0 Å². The van der Waals surface area contributed by atoms with Crippen molar-refractivity contribution in [1.82, 2.24) is 4.90 Å². The molecule has 0 saturated carbocycles. The Morgan fingerprint density at radius 2 is 2.44 bits per heavy atom. The summed E-state index contributed by atoms with van der Waals surface area (Å²) in [7, 11) is 0. The Morgan fingerprint density at radius 3 is 3.17 bits per heavy atom. The van der Waals surface area contributed by atoms with E-state index >= 15 is 0 Å². The first-order chi connectivity index (χ1) is 8.81. The molecule has 1 saturated heterocycles. The van der Waals surface area contributed by atoms with Crippen LogP contribution in [0.2, 0.25) is 0 Å². The van der Waals surface area contributed by atoms with E-state index in [0.717, 1.165) is 38.0 Å². The highest BCUT2D eigenvalue weighted by Gasteiger charge is 2.27. The van der Waals surface area contributed by atoms with Crippen molar-refractivity contribution in [2.24, 2.45) is 5.73 Å². The van der Waals surface area contributed by atoms with Gasteiger partial charge in [-0.25, -0.2) is 0 Å². The first-order valence-electron chi connectivity index (χ1n) is 6.83. The normalized spacial score (nSPS) is 19.4. The van der Waals surface area contributed by atoms with Crippen LogP contribution in [0.3, 0.4) is 0 Å². The predicted molar refractivity (Wildman–Crippen MR) is 70.1 cm³/mol. The van der Waals surface area contributed by atoms with E-state index in [9.17, 15) is 4.79 Å². The molecule has 1 aliphatic rings. The lowest BCUT2D eigenvalue weighted by molar-refractivity contribution is -0.132. The van der Waals surface area contributed by atoms with Gasteiger partial charge in [0, 0.05) is 25.4 Å². The van der Waals surface area contributed by atoms with Crippen LogP contribution in [-0.4, -0.2) is 29.9 Å². The van der Waals surface area contributed by atoms with Gasteiger partial charge >= 0.3 is 0 Å². The molecule has 2 N–H and O–H groups in total. The quantitative estimate of drug-likeness (QED) is 0.839. The van der Waals surface area contributed by atoms with Crippen molar-refractivity contribution in [3.05, 3.63) is 24.2 Å². The van der Waals surface area contributed by atoms with Crippen molar-refractivity contribution in [2.45, 2.75) is 44.6 Å². The van der Waals surface area contributed by atoms with E-state index in [4.69, 9.17) is 10.2 Å². The number of furan rings is 1. The monoisotopic (exact) mass is 250 g/mol. The maximum absolute atomic E-state index is 12.2. The second kappa shape index (κ2) is 6.59. The minimum absolute atomic E-state index is 0.255. The van der Waals surface area contributed by atoms with Gasteiger partial charge in [0.1, 0.15) is 5.76 Å². The van der Waals surface area contributed by atoms with Gasteiger partial charge < -0.3 is 15.1 Å². The lowest BCUT2D eigenvalue weighted by atomic mass is 10.1. The van der Waals surface area contributed by atoms with Gasteiger partial charge in [0.2, 0.25) is 5.91 Å². The SMILES string of the molecule is NCCCC1CCCN1C(=O)CCc1ccco1. The lowest BCUT2D eigenvalue weighted by Crippen LogP contribution is -2.35. The Balaban J connectivity index is 1.80. The number of aryl methyl sites for hydroxylation is 1. The van der Waals surface area contributed by atoms with Crippen LogP contribution in [0, 0.1) is 0 Å². The smallest absolute Gasteiger partial charge is 0.223 e. The van der Waals surface area contributed by atoms with E-state index in [2.05, 4.69) is 0 Å². The number of amides is 1. The topological polar surface area (TPSA) is 59.5 Å². The zero-order chi connectivity index (χ0) is 12.8. The second-order valence-corrected chi connectivity index (χ2v) is 4.89. The minimum atomic E-state index is 0.255. The third-order valence-corrected chi connectivity index (χ3v) is 3.60. The van der Waals surface area contributed by atoms with E-state index in [1.54, 1.807) is 6.26 Å². The van der Waals surface area contributed by atoms with Crippen LogP contribution in [0.1, 0.15) is 37.9 Å². The maximum Gasteiger partial charge on any atom is 0.223 e. The van der Waals surface area contributed by atoms with Gasteiger partial charge in [-0.05, 0) is 44.4 Å². The molecular weight excluding hydrogens is 228 g/mol. The Bertz CT molecular complexity index is 362. The predicted octanol–water partition coefficient (Wildman–Crippen LogP) is 1.94. The molecule has 1 amide bonds. The van der Waals surface area contributed by atoms with E-state index in [0.29, 0.717) is 25.4 Å². The number of rotatable bonds is 6. The van der Waals surface area contributed by atoms with Gasteiger partial charge in [-0.15, -0.1) is 0 Å². The molecule has 2 heterocycles. The number of likely N-dealkylation sites (tertiary alicyclic amines) is 1. The van der Waals surface area contributed by atoms with Crippen molar-refractivity contribution in [2.75, 3.05) is 13.1 Å². The summed E-state index contributed by atoms with van der Waals surface area (Å²) < 4.78 is 5.25. The Morgan fingerprint density at radius 1 is 1.56 bits per heavy atom. The van der Waals surface area contributed by atoms with Crippen LogP contribution in [-0.2, 0) is 11.2 Å². The largest absolute Gasteiger partial charge is 0.469 e. The maximum atomic E-state index is 12.2. The number of nitrogens with zero attached hydrogens (tertiary/aromatic N) is 1. The highest BCUT2D eigenvalue weighted by molar-refractivity contribution is 5.77. The molecule has 1 aromatic heterocycles. The minimum Gasteiger partial charge on any atom is -0.469 e. The molecule has 2 rings (SSSR count). The summed E-state index contributed by atoms with van der Waals surface area (Å²) in [5.74, 6) is 1.15. The summed E-state index contributed by atoms with van der Waals surface area (Å²) in [4.78, 5) is 14.2. The lowest BCUT2D eigenvalue weighted by Gasteiger charge is -2.24. The van der Waals surface area contributed by atoms with Crippen molar-refractivity contribution in [3.63, 3.8) is 0 Å². The fourth-order valence-electron chi connectivity index (χ4n) is 2.65. The Labute approximate surface area is 108 Å². The molecule has 18 heavy (non-hydrogen) atoms. The number of hydrogen-bond acceptors (Lipinski definition) is 3. The first kappa shape index (κ1) is 13.1. The van der Waals surface area contributed by atoms with Gasteiger partial charge in [-0.2, -0.15) is 0 Å². The molecule has 1 aliphatic heterocycles. The molecule has 4 heteroatoms. The van der Waals surface area contributed by atoms with Crippen LogP contribution >= 0.6 is 0 Å². The summed E-state index contributed by atoms with van der Waals surface area (Å²) in [5.41, 5.74) is 5.54. The zero-order valence-electron chi connectivity index (χ0n) is 10.8. The molecule has 1 unspecified atom stereocenters. The molecule has 0 bridgehead atoms. The highest BCUT2D eigenvalue weighted by Crippen LogP contribution is 2.22. The molecule has 4 nitrogen and oxygen atoms in total. The van der Waals surface area contributed by atoms with Crippen LogP contribution < -0.4 is 5.73 Å². The fraction of sp³-hybridized carbons (Fsp3) is 0.643. The average Bonchev–Trinajstić information content (AvgIpc) is 3.04. The van der Waals surface area contributed by atoms with E-state index in [1.807, 2.05) is 17.0 Å². The summed E-state index contributed by atoms with van der Waals surface area (Å²) in [6, 6.07) is 4.20. The molecule has 0 aliphatic carbocycles. The molecule has 1 fully saturated rings. The molecule has 0 aromatic carbocycles. The van der Waals surface area contributed by atoms with Gasteiger partial charge in [0.25, 0.3) is 0 Å². The summed E-state index contributed by atoms with van der Waals surface area (Å²) in [6.45, 7) is 1.62. The average molecular weight is 250 g/mol. The molecule has 0 radical (unpaired) electrons. The Hall–Kier alpha value is -1.29.